The molecule has 0 amide bonds. The lowest BCUT2D eigenvalue weighted by molar-refractivity contribution is 0.169. The molecule has 1 aromatic rings. The molecule has 0 aromatic heterocycles. The van der Waals surface area contributed by atoms with Crippen molar-refractivity contribution >= 4 is 10.0 Å². The molecule has 1 fully saturated rings. The molecule has 5 heteroatoms. The molecule has 0 radical (unpaired) electrons. The Morgan fingerprint density at radius 2 is 1.86 bits per heavy atom. The van der Waals surface area contributed by atoms with Crippen molar-refractivity contribution in [2.45, 2.75) is 45.4 Å². The summed E-state index contributed by atoms with van der Waals surface area (Å²) in [6.07, 6.45) is 3.83. The molecule has 1 aliphatic carbocycles. The van der Waals surface area contributed by atoms with E-state index in [2.05, 4.69) is 19.9 Å². The van der Waals surface area contributed by atoms with Crippen LogP contribution in [0.5, 0.6) is 5.75 Å². The second-order valence-corrected chi connectivity index (χ2v) is 8.11. The minimum atomic E-state index is -3.48. The molecule has 0 saturated heterocycles. The van der Waals surface area contributed by atoms with E-state index in [9.17, 15) is 8.42 Å². The van der Waals surface area contributed by atoms with Crippen LogP contribution in [-0.4, -0.2) is 20.8 Å². The van der Waals surface area contributed by atoms with Gasteiger partial charge in [-0.15, -0.1) is 0 Å². The lowest BCUT2D eigenvalue weighted by Gasteiger charge is -2.28. The third-order valence-corrected chi connectivity index (χ3v) is 5.26. The third-order valence-electron chi connectivity index (χ3n) is 4.25. The normalized spacial score (nSPS) is 18.1. The van der Waals surface area contributed by atoms with Crippen molar-refractivity contribution in [2.24, 2.45) is 10.6 Å². The number of ether oxygens (including phenoxy) is 1. The number of primary sulfonamides is 1. The fourth-order valence-corrected chi connectivity index (χ4v) is 4.43. The van der Waals surface area contributed by atoms with Crippen molar-refractivity contribution in [1.82, 2.24) is 0 Å². The summed E-state index contributed by atoms with van der Waals surface area (Å²) in [5.41, 5.74) is 0.832. The van der Waals surface area contributed by atoms with Gasteiger partial charge in [-0.3, -0.25) is 0 Å². The Labute approximate surface area is 127 Å². The molecule has 2 rings (SSSR count). The fourth-order valence-electron chi connectivity index (χ4n) is 3.20. The van der Waals surface area contributed by atoms with Crippen LogP contribution in [0.4, 0.5) is 0 Å². The maximum absolute atomic E-state index is 11.5. The zero-order valence-electron chi connectivity index (χ0n) is 12.8. The van der Waals surface area contributed by atoms with Crippen molar-refractivity contribution in [3.8, 4) is 5.75 Å². The summed E-state index contributed by atoms with van der Waals surface area (Å²) in [6.45, 7) is 4.67. The van der Waals surface area contributed by atoms with Gasteiger partial charge in [-0.05, 0) is 30.4 Å². The van der Waals surface area contributed by atoms with Gasteiger partial charge in [0.2, 0.25) is 10.0 Å². The van der Waals surface area contributed by atoms with Crippen LogP contribution in [0.2, 0.25) is 0 Å². The predicted octanol–water partition coefficient (Wildman–Crippen LogP) is 3.04. The predicted molar refractivity (Wildman–Crippen MR) is 84.9 cm³/mol. The van der Waals surface area contributed by atoms with Crippen molar-refractivity contribution in [3.05, 3.63) is 29.8 Å². The molecule has 0 aliphatic heterocycles. The van der Waals surface area contributed by atoms with E-state index in [-0.39, 0.29) is 11.2 Å². The number of hydrogen-bond donors (Lipinski definition) is 1. The van der Waals surface area contributed by atoms with Crippen LogP contribution in [0.3, 0.4) is 0 Å². The topological polar surface area (TPSA) is 69.4 Å². The second kappa shape index (κ2) is 6.36. The highest BCUT2D eigenvalue weighted by molar-refractivity contribution is 7.89. The Morgan fingerprint density at radius 3 is 2.43 bits per heavy atom. The number of benzene rings is 1. The van der Waals surface area contributed by atoms with E-state index in [0.717, 1.165) is 37.0 Å². The first-order valence-corrected chi connectivity index (χ1v) is 9.25. The largest absolute Gasteiger partial charge is 0.493 e. The summed E-state index contributed by atoms with van der Waals surface area (Å²) in [7, 11) is -3.48. The lowest BCUT2D eigenvalue weighted by Crippen LogP contribution is -2.36. The molecule has 0 unspecified atom stereocenters. The van der Waals surface area contributed by atoms with Gasteiger partial charge in [0.15, 0.2) is 0 Å². The van der Waals surface area contributed by atoms with Crippen LogP contribution in [-0.2, 0) is 10.0 Å². The highest BCUT2D eigenvalue weighted by Gasteiger charge is 2.38. The average molecular weight is 311 g/mol. The number of nitrogens with two attached hydrogens (primary N) is 1. The fraction of sp³-hybridized carbons (Fsp3) is 0.625. The Morgan fingerprint density at radius 1 is 1.24 bits per heavy atom. The molecule has 0 spiro atoms. The maximum Gasteiger partial charge on any atom is 0.209 e. The van der Waals surface area contributed by atoms with Gasteiger partial charge in [0.1, 0.15) is 5.75 Å². The van der Waals surface area contributed by atoms with E-state index in [1.165, 1.54) is 0 Å². The molecule has 21 heavy (non-hydrogen) atoms. The highest BCUT2D eigenvalue weighted by atomic mass is 32.2. The summed E-state index contributed by atoms with van der Waals surface area (Å²) in [4.78, 5) is 0. The van der Waals surface area contributed by atoms with Crippen LogP contribution in [0.1, 0.15) is 51.0 Å². The lowest BCUT2D eigenvalue weighted by atomic mass is 9.89. The van der Waals surface area contributed by atoms with Crippen LogP contribution in [0.25, 0.3) is 0 Å². The zero-order chi connectivity index (χ0) is 15.5. The first-order chi connectivity index (χ1) is 9.81. The summed E-state index contributed by atoms with van der Waals surface area (Å²) in [5.74, 6) is 1.25. The van der Waals surface area contributed by atoms with Crippen LogP contribution >= 0.6 is 0 Å². The molecular weight excluding hydrogens is 286 g/mol. The van der Waals surface area contributed by atoms with Crippen LogP contribution < -0.4 is 9.88 Å². The standard InChI is InChI=1S/C16H25NO3S/c1-13(2)14-7-3-4-8-15(14)20-11-16(9-5-6-10-16)12-21(17,18)19/h3-4,7-8,13H,5-6,9-12H2,1-2H3,(H2,17,18,19). The minimum Gasteiger partial charge on any atom is -0.493 e. The Kier molecular flexibility index (Phi) is 4.94. The monoisotopic (exact) mass is 311 g/mol. The molecule has 2 N–H and O–H groups in total. The van der Waals surface area contributed by atoms with Crippen molar-refractivity contribution in [3.63, 3.8) is 0 Å². The summed E-state index contributed by atoms with van der Waals surface area (Å²) in [6, 6.07) is 7.95. The maximum atomic E-state index is 11.5. The van der Waals surface area contributed by atoms with Gasteiger partial charge in [0.25, 0.3) is 0 Å². The van der Waals surface area contributed by atoms with Gasteiger partial charge >= 0.3 is 0 Å². The van der Waals surface area contributed by atoms with Crippen molar-refractivity contribution < 1.29 is 13.2 Å². The first kappa shape index (κ1) is 16.3. The smallest absolute Gasteiger partial charge is 0.209 e. The molecule has 4 nitrogen and oxygen atoms in total. The third kappa shape index (κ3) is 4.45. The Hall–Kier alpha value is -1.07. The molecule has 0 atom stereocenters. The number of rotatable bonds is 6. The number of para-hydroxylation sites is 1. The van der Waals surface area contributed by atoms with Crippen molar-refractivity contribution in [1.29, 1.82) is 0 Å². The Bertz CT molecular complexity index is 575. The summed E-state index contributed by atoms with van der Waals surface area (Å²) < 4.78 is 29.0. The number of hydrogen-bond acceptors (Lipinski definition) is 3. The second-order valence-electron chi connectivity index (χ2n) is 6.50. The Balaban J connectivity index is 2.13. The van der Waals surface area contributed by atoms with Gasteiger partial charge in [0, 0.05) is 5.41 Å². The average Bonchev–Trinajstić information content (AvgIpc) is 2.83. The van der Waals surface area contributed by atoms with E-state index >= 15 is 0 Å². The molecule has 0 bridgehead atoms. The summed E-state index contributed by atoms with van der Waals surface area (Å²) in [5, 5.41) is 5.26. The van der Waals surface area contributed by atoms with E-state index in [1.807, 2.05) is 18.2 Å². The van der Waals surface area contributed by atoms with Crippen LogP contribution in [0.15, 0.2) is 24.3 Å². The first-order valence-electron chi connectivity index (χ1n) is 7.54. The molecule has 1 aromatic carbocycles. The zero-order valence-corrected chi connectivity index (χ0v) is 13.7. The number of sulfonamides is 1. The quantitative estimate of drug-likeness (QED) is 0.878. The van der Waals surface area contributed by atoms with Gasteiger partial charge in [-0.1, -0.05) is 44.9 Å². The van der Waals surface area contributed by atoms with Gasteiger partial charge in [-0.2, -0.15) is 0 Å². The van der Waals surface area contributed by atoms with Gasteiger partial charge in [0.05, 0.1) is 12.4 Å². The molecular formula is C16H25NO3S. The minimum absolute atomic E-state index is 0.0177. The highest BCUT2D eigenvalue weighted by Crippen LogP contribution is 2.40. The van der Waals surface area contributed by atoms with Crippen molar-refractivity contribution in [2.75, 3.05) is 12.4 Å². The van der Waals surface area contributed by atoms with Crippen LogP contribution in [0, 0.1) is 5.41 Å². The van der Waals surface area contributed by atoms with E-state index in [1.54, 1.807) is 0 Å². The van der Waals surface area contributed by atoms with Gasteiger partial charge < -0.3 is 4.74 Å². The van der Waals surface area contributed by atoms with E-state index < -0.39 is 10.0 Å². The molecule has 118 valence electrons. The summed E-state index contributed by atoms with van der Waals surface area (Å²) >= 11 is 0. The SMILES string of the molecule is CC(C)c1ccccc1OCC1(CS(N)(=O)=O)CCCC1. The van der Waals surface area contributed by atoms with E-state index in [4.69, 9.17) is 9.88 Å². The van der Waals surface area contributed by atoms with E-state index in [0.29, 0.717) is 12.5 Å². The molecule has 1 saturated carbocycles. The molecule has 1 aliphatic rings. The van der Waals surface area contributed by atoms with Gasteiger partial charge in [-0.25, -0.2) is 13.6 Å². The molecule has 0 heterocycles.